The van der Waals surface area contributed by atoms with Crippen LogP contribution in [-0.4, -0.2) is 34.7 Å². The van der Waals surface area contributed by atoms with Gasteiger partial charge in [-0.3, -0.25) is 4.79 Å². The average Bonchev–Trinajstić information content (AvgIpc) is 2.60. The second kappa shape index (κ2) is 8.13. The highest BCUT2D eigenvalue weighted by Crippen LogP contribution is 2.23. The van der Waals surface area contributed by atoms with Crippen molar-refractivity contribution in [1.82, 2.24) is 4.72 Å². The maximum Gasteiger partial charge on any atom is 0.228 e. The van der Waals surface area contributed by atoms with E-state index in [2.05, 4.69) is 4.72 Å². The van der Waals surface area contributed by atoms with Crippen LogP contribution in [0.15, 0.2) is 54.6 Å². The molecule has 1 amide bonds. The summed E-state index contributed by atoms with van der Waals surface area (Å²) < 4.78 is 31.0. The van der Waals surface area contributed by atoms with Gasteiger partial charge in [0.1, 0.15) is 5.75 Å². The highest BCUT2D eigenvalue weighted by atomic mass is 32.2. The second-order valence-electron chi connectivity index (χ2n) is 5.71. The lowest BCUT2D eigenvalue weighted by Gasteiger charge is -2.22. The number of ether oxygens (including phenoxy) is 1. The highest BCUT2D eigenvalue weighted by Gasteiger charge is 2.22. The van der Waals surface area contributed by atoms with E-state index in [1.807, 2.05) is 30.3 Å². The van der Waals surface area contributed by atoms with Crippen LogP contribution in [0.4, 0.5) is 5.69 Å². The molecule has 0 bridgehead atoms. The molecule has 7 heteroatoms. The first-order valence-electron chi connectivity index (χ1n) is 7.73. The van der Waals surface area contributed by atoms with Gasteiger partial charge < -0.3 is 9.64 Å². The number of carbonyl (C=O) groups excluding carboxylic acids is 1. The van der Waals surface area contributed by atoms with Gasteiger partial charge in [-0.05, 0) is 29.8 Å². The summed E-state index contributed by atoms with van der Waals surface area (Å²) in [5, 5.41) is 0. The molecule has 0 aliphatic heterocycles. The summed E-state index contributed by atoms with van der Waals surface area (Å²) in [6, 6.07) is 15.5. The third kappa shape index (κ3) is 5.58. The Morgan fingerprint density at radius 1 is 1.12 bits per heavy atom. The summed E-state index contributed by atoms with van der Waals surface area (Å²) in [4.78, 5) is 14.1. The van der Waals surface area contributed by atoms with Crippen molar-refractivity contribution in [2.45, 2.75) is 12.5 Å². The van der Waals surface area contributed by atoms with Crippen molar-refractivity contribution in [3.63, 3.8) is 0 Å². The molecule has 1 N–H and O–H groups in total. The zero-order valence-corrected chi connectivity index (χ0v) is 15.3. The largest absolute Gasteiger partial charge is 0.497 e. The van der Waals surface area contributed by atoms with Crippen LogP contribution in [0.3, 0.4) is 0 Å². The number of nitrogens with one attached hydrogen (secondary N) is 1. The highest BCUT2D eigenvalue weighted by molar-refractivity contribution is 7.88. The van der Waals surface area contributed by atoms with Gasteiger partial charge in [-0.1, -0.05) is 30.3 Å². The van der Waals surface area contributed by atoms with Gasteiger partial charge in [-0.25, -0.2) is 13.1 Å². The third-order valence-corrected chi connectivity index (χ3v) is 4.48. The lowest BCUT2D eigenvalue weighted by Crippen LogP contribution is -2.34. The predicted octanol–water partition coefficient (Wildman–Crippen LogP) is 2.34. The van der Waals surface area contributed by atoms with Crippen molar-refractivity contribution >= 4 is 21.6 Å². The number of anilines is 1. The van der Waals surface area contributed by atoms with Gasteiger partial charge in [0.05, 0.1) is 19.4 Å². The fraction of sp³-hybridized carbons (Fsp3) is 0.278. The SMILES string of the molecule is COc1ccc(C(CC(=O)N(C)c2ccccc2)NS(C)(=O)=O)cc1. The molecule has 1 atom stereocenters. The van der Waals surface area contributed by atoms with Crippen LogP contribution in [0.1, 0.15) is 18.0 Å². The Bertz CT molecular complexity index is 805. The van der Waals surface area contributed by atoms with Gasteiger partial charge in [0, 0.05) is 19.2 Å². The number of carbonyl (C=O) groups is 1. The number of nitrogens with zero attached hydrogens (tertiary/aromatic N) is 1. The van der Waals surface area contributed by atoms with Crippen molar-refractivity contribution in [2.24, 2.45) is 0 Å². The number of para-hydroxylation sites is 1. The summed E-state index contributed by atoms with van der Waals surface area (Å²) in [5.74, 6) is 0.470. The topological polar surface area (TPSA) is 75.7 Å². The Morgan fingerprint density at radius 2 is 1.72 bits per heavy atom. The van der Waals surface area contributed by atoms with Gasteiger partial charge >= 0.3 is 0 Å². The summed E-state index contributed by atoms with van der Waals surface area (Å²) in [6.07, 6.45) is 1.08. The molecule has 1 unspecified atom stereocenters. The van der Waals surface area contributed by atoms with Crippen molar-refractivity contribution < 1.29 is 17.9 Å². The molecule has 0 radical (unpaired) electrons. The van der Waals surface area contributed by atoms with Gasteiger partial charge in [-0.15, -0.1) is 0 Å². The van der Waals surface area contributed by atoms with Gasteiger partial charge in [0.2, 0.25) is 15.9 Å². The average molecular weight is 362 g/mol. The third-order valence-electron chi connectivity index (χ3n) is 3.77. The minimum Gasteiger partial charge on any atom is -0.497 e. The molecule has 2 aromatic rings. The first kappa shape index (κ1) is 19.0. The quantitative estimate of drug-likeness (QED) is 0.820. The van der Waals surface area contributed by atoms with Crippen LogP contribution >= 0.6 is 0 Å². The van der Waals surface area contributed by atoms with Crippen LogP contribution in [0.5, 0.6) is 5.75 Å². The van der Waals surface area contributed by atoms with Crippen molar-refractivity contribution in [3.8, 4) is 5.75 Å². The second-order valence-corrected chi connectivity index (χ2v) is 7.49. The Morgan fingerprint density at radius 3 is 2.24 bits per heavy atom. The molecule has 0 saturated heterocycles. The summed E-state index contributed by atoms with van der Waals surface area (Å²) in [7, 11) is -0.250. The van der Waals surface area contributed by atoms with E-state index in [9.17, 15) is 13.2 Å². The van der Waals surface area contributed by atoms with Crippen molar-refractivity contribution in [1.29, 1.82) is 0 Å². The number of methoxy groups -OCH3 is 1. The molecule has 2 aromatic carbocycles. The lowest BCUT2D eigenvalue weighted by atomic mass is 10.0. The summed E-state index contributed by atoms with van der Waals surface area (Å²) in [6.45, 7) is 0. The molecule has 0 fully saturated rings. The monoisotopic (exact) mass is 362 g/mol. The van der Waals surface area contributed by atoms with Crippen LogP contribution in [-0.2, 0) is 14.8 Å². The Labute approximate surface area is 148 Å². The summed E-state index contributed by atoms with van der Waals surface area (Å²) in [5.41, 5.74) is 1.45. The number of rotatable bonds is 7. The predicted molar refractivity (Wildman–Crippen MR) is 98.2 cm³/mol. The number of amides is 1. The molecule has 0 aromatic heterocycles. The van der Waals surface area contributed by atoms with E-state index in [-0.39, 0.29) is 12.3 Å². The van der Waals surface area contributed by atoms with E-state index in [0.29, 0.717) is 11.3 Å². The first-order valence-corrected chi connectivity index (χ1v) is 9.62. The zero-order chi connectivity index (χ0) is 18.4. The fourth-order valence-corrected chi connectivity index (χ4v) is 3.17. The molecule has 0 spiro atoms. The lowest BCUT2D eigenvalue weighted by molar-refractivity contribution is -0.118. The molecular formula is C18H22N2O4S. The fourth-order valence-electron chi connectivity index (χ4n) is 2.43. The van der Waals surface area contributed by atoms with E-state index in [4.69, 9.17) is 4.74 Å². The molecule has 0 saturated carbocycles. The van der Waals surface area contributed by atoms with Gasteiger partial charge in [0.15, 0.2) is 0 Å². The van der Waals surface area contributed by atoms with E-state index in [1.54, 1.807) is 38.4 Å². The van der Waals surface area contributed by atoms with Crippen molar-refractivity contribution in [3.05, 3.63) is 60.2 Å². The van der Waals surface area contributed by atoms with Gasteiger partial charge in [0.25, 0.3) is 0 Å². The van der Waals surface area contributed by atoms with E-state index in [0.717, 1.165) is 11.9 Å². The molecule has 0 aliphatic carbocycles. The molecule has 2 rings (SSSR count). The molecule has 0 aliphatic rings. The van der Waals surface area contributed by atoms with Gasteiger partial charge in [-0.2, -0.15) is 0 Å². The number of benzene rings is 2. The first-order chi connectivity index (χ1) is 11.8. The van der Waals surface area contributed by atoms with Crippen LogP contribution in [0.2, 0.25) is 0 Å². The maximum absolute atomic E-state index is 12.6. The standard InChI is InChI=1S/C18H22N2O4S/c1-20(15-7-5-4-6-8-15)18(21)13-17(19-25(3,22)23)14-9-11-16(24-2)12-10-14/h4-12,17,19H,13H2,1-3H3. The Hall–Kier alpha value is -2.38. The molecule has 0 heterocycles. The molecule has 134 valence electrons. The van der Waals surface area contributed by atoms with E-state index < -0.39 is 16.1 Å². The van der Waals surface area contributed by atoms with Crippen LogP contribution in [0.25, 0.3) is 0 Å². The minimum atomic E-state index is -3.48. The molecular weight excluding hydrogens is 340 g/mol. The maximum atomic E-state index is 12.6. The van der Waals surface area contributed by atoms with Crippen LogP contribution < -0.4 is 14.4 Å². The Balaban J connectivity index is 2.21. The smallest absolute Gasteiger partial charge is 0.228 e. The number of hydrogen-bond acceptors (Lipinski definition) is 4. The molecule has 25 heavy (non-hydrogen) atoms. The van der Waals surface area contributed by atoms with E-state index in [1.165, 1.54) is 4.90 Å². The zero-order valence-electron chi connectivity index (χ0n) is 14.5. The summed E-state index contributed by atoms with van der Waals surface area (Å²) >= 11 is 0. The molecule has 6 nitrogen and oxygen atoms in total. The van der Waals surface area contributed by atoms with Crippen LogP contribution in [0, 0.1) is 0 Å². The number of hydrogen-bond donors (Lipinski definition) is 1. The van der Waals surface area contributed by atoms with Crippen molar-refractivity contribution in [2.75, 3.05) is 25.3 Å². The number of sulfonamides is 1. The normalized spacial score (nSPS) is 12.4. The minimum absolute atomic E-state index is 0.00476. The Kier molecular flexibility index (Phi) is 6.17. The van der Waals surface area contributed by atoms with E-state index >= 15 is 0 Å².